The van der Waals surface area contributed by atoms with E-state index in [2.05, 4.69) is 15.6 Å². The Labute approximate surface area is 209 Å². The third-order valence-corrected chi connectivity index (χ3v) is 7.52. The third-order valence-electron chi connectivity index (χ3n) is 5.73. The molecule has 1 amide bonds. The Balaban J connectivity index is 1.85. The lowest BCUT2D eigenvalue weighted by Gasteiger charge is -2.27. The number of alkyl halides is 6. The minimum atomic E-state index is -5.06. The number of piperidine rings is 1. The highest BCUT2D eigenvalue weighted by Crippen LogP contribution is 2.34. The molecule has 1 aliphatic rings. The Morgan fingerprint density at radius 3 is 2.27 bits per heavy atom. The summed E-state index contributed by atoms with van der Waals surface area (Å²) in [5, 5.41) is 0. The van der Waals surface area contributed by atoms with Gasteiger partial charge in [0.05, 0.1) is 21.9 Å². The van der Waals surface area contributed by atoms with Crippen molar-refractivity contribution in [2.24, 2.45) is 0 Å². The van der Waals surface area contributed by atoms with E-state index < -0.39 is 55.9 Å². The molecule has 2 aromatic carbocycles. The third kappa shape index (κ3) is 7.74. The minimum Gasteiger partial charge on any atom is -0.406 e. The van der Waals surface area contributed by atoms with Crippen molar-refractivity contribution in [3.8, 4) is 5.75 Å². The highest BCUT2D eigenvalue weighted by Gasteiger charge is 2.35. The van der Waals surface area contributed by atoms with Crippen LogP contribution in [0.4, 0.5) is 32.0 Å². The van der Waals surface area contributed by atoms with Crippen LogP contribution in [0.2, 0.25) is 0 Å². The number of sulfone groups is 1. The van der Waals surface area contributed by atoms with Gasteiger partial charge in [0, 0.05) is 18.2 Å². The highest BCUT2D eigenvalue weighted by atomic mass is 32.2. The molecule has 14 heteroatoms. The number of carbonyl (C=O) groups excluding carboxylic acids is 1. The van der Waals surface area contributed by atoms with E-state index in [1.807, 2.05) is 4.90 Å². The first kappa shape index (κ1) is 28.6. The quantitative estimate of drug-likeness (QED) is 0.348. The summed E-state index contributed by atoms with van der Waals surface area (Å²) in [7, 11) is -3.95. The zero-order chi connectivity index (χ0) is 27.4. The summed E-state index contributed by atoms with van der Waals surface area (Å²) >= 11 is 0. The lowest BCUT2D eigenvalue weighted by Crippen LogP contribution is -2.32. The maximum Gasteiger partial charge on any atom is 0.573 e. The molecule has 3 rings (SSSR count). The zero-order valence-corrected chi connectivity index (χ0v) is 20.5. The summed E-state index contributed by atoms with van der Waals surface area (Å²) in [4.78, 5) is 14.1. The first-order valence-corrected chi connectivity index (χ1v) is 13.0. The summed E-state index contributed by atoms with van der Waals surface area (Å²) in [6.07, 6.45) is -7.01. The first-order valence-electron chi connectivity index (χ1n) is 11.3. The van der Waals surface area contributed by atoms with Crippen molar-refractivity contribution in [1.29, 1.82) is 0 Å². The molecule has 0 aromatic heterocycles. The van der Waals surface area contributed by atoms with Crippen LogP contribution >= 0.6 is 0 Å². The van der Waals surface area contributed by atoms with Crippen LogP contribution in [0, 0.1) is 0 Å². The van der Waals surface area contributed by atoms with E-state index >= 15 is 0 Å². The van der Waals surface area contributed by atoms with E-state index in [-0.39, 0.29) is 17.7 Å². The van der Waals surface area contributed by atoms with Crippen LogP contribution < -0.4 is 15.6 Å². The number of ether oxygens (including phenoxy) is 1. The topological polar surface area (TPSA) is 87.7 Å². The molecule has 204 valence electrons. The van der Waals surface area contributed by atoms with E-state index in [1.54, 1.807) is 0 Å². The van der Waals surface area contributed by atoms with Crippen LogP contribution in [-0.2, 0) is 22.6 Å². The maximum absolute atomic E-state index is 13.8. The molecular weight excluding hydrogens is 528 g/mol. The van der Waals surface area contributed by atoms with Crippen molar-refractivity contribution in [2.75, 3.05) is 24.3 Å². The van der Waals surface area contributed by atoms with Gasteiger partial charge in [-0.15, -0.1) is 13.2 Å². The van der Waals surface area contributed by atoms with Crippen molar-refractivity contribution in [2.45, 2.75) is 50.2 Å². The molecule has 2 aromatic rings. The molecule has 0 radical (unpaired) electrons. The average Bonchev–Trinajstić information content (AvgIpc) is 2.81. The Hall–Kier alpha value is -3.00. The standard InChI is InChI=1S/C23H25F6N3O4S/c1-2-37(34,35)20-9-8-17(36-23(27,28)29)13-19(20)30-31-21(33)15-6-7-16(18(12-15)22(24,25)26)14-32-10-4-3-5-11-32/h6-9,12-13,30H,2-5,10-11,14H2,1H3,(H,31,33). The number of nitrogens with one attached hydrogen (secondary N) is 2. The number of likely N-dealkylation sites (tertiary alicyclic amines) is 1. The summed E-state index contributed by atoms with van der Waals surface area (Å²) < 4.78 is 108. The molecule has 1 aliphatic heterocycles. The van der Waals surface area contributed by atoms with Crippen LogP contribution in [0.15, 0.2) is 41.3 Å². The molecule has 7 nitrogen and oxygen atoms in total. The van der Waals surface area contributed by atoms with Gasteiger partial charge in [0.15, 0.2) is 9.84 Å². The van der Waals surface area contributed by atoms with E-state index in [0.29, 0.717) is 25.2 Å². The fraction of sp³-hybridized carbons (Fsp3) is 0.435. The molecular formula is C23H25F6N3O4S. The number of carbonyl (C=O) groups is 1. The fourth-order valence-electron chi connectivity index (χ4n) is 3.90. The number of anilines is 1. The second-order valence-corrected chi connectivity index (χ2v) is 10.6. The van der Waals surface area contributed by atoms with Gasteiger partial charge in [-0.2, -0.15) is 13.2 Å². The van der Waals surface area contributed by atoms with Gasteiger partial charge in [-0.05, 0) is 55.8 Å². The molecule has 0 aliphatic carbocycles. The van der Waals surface area contributed by atoms with Gasteiger partial charge in [-0.25, -0.2) is 8.42 Å². The van der Waals surface area contributed by atoms with Gasteiger partial charge in [-0.3, -0.25) is 20.5 Å². The number of halogens is 6. The summed E-state index contributed by atoms with van der Waals surface area (Å²) in [5.74, 6) is -2.22. The number of benzene rings is 2. The van der Waals surface area contributed by atoms with Gasteiger partial charge in [-0.1, -0.05) is 19.4 Å². The zero-order valence-electron chi connectivity index (χ0n) is 19.7. The van der Waals surface area contributed by atoms with Crippen LogP contribution in [0.1, 0.15) is 47.7 Å². The van der Waals surface area contributed by atoms with Crippen molar-refractivity contribution < 1.29 is 44.3 Å². The van der Waals surface area contributed by atoms with Gasteiger partial charge in [0.1, 0.15) is 5.75 Å². The van der Waals surface area contributed by atoms with E-state index in [4.69, 9.17) is 0 Å². The van der Waals surface area contributed by atoms with Gasteiger partial charge in [0.2, 0.25) is 0 Å². The molecule has 0 saturated carbocycles. The molecule has 0 bridgehead atoms. The van der Waals surface area contributed by atoms with Crippen LogP contribution in [0.25, 0.3) is 0 Å². The normalized spacial score (nSPS) is 15.3. The lowest BCUT2D eigenvalue weighted by molar-refractivity contribution is -0.274. The lowest BCUT2D eigenvalue weighted by atomic mass is 10.0. The van der Waals surface area contributed by atoms with Crippen molar-refractivity contribution in [3.63, 3.8) is 0 Å². The van der Waals surface area contributed by atoms with Crippen LogP contribution in [-0.4, -0.2) is 44.4 Å². The minimum absolute atomic E-state index is 0.00670. The number of hydrogen-bond acceptors (Lipinski definition) is 6. The second-order valence-electron chi connectivity index (χ2n) is 8.39. The number of hydrogen-bond donors (Lipinski definition) is 2. The predicted molar refractivity (Wildman–Crippen MR) is 123 cm³/mol. The average molecular weight is 554 g/mol. The van der Waals surface area contributed by atoms with E-state index in [1.165, 1.54) is 19.1 Å². The molecule has 1 heterocycles. The maximum atomic E-state index is 13.8. The Morgan fingerprint density at radius 1 is 1.00 bits per heavy atom. The van der Waals surface area contributed by atoms with E-state index in [0.717, 1.165) is 31.4 Å². The molecule has 1 fully saturated rings. The smallest absolute Gasteiger partial charge is 0.406 e. The summed E-state index contributed by atoms with van der Waals surface area (Å²) in [5.41, 5.74) is 2.44. The number of amides is 1. The number of hydrazine groups is 1. The van der Waals surface area contributed by atoms with Gasteiger partial charge >= 0.3 is 12.5 Å². The molecule has 0 spiro atoms. The second kappa shape index (κ2) is 11.2. The van der Waals surface area contributed by atoms with Crippen molar-refractivity contribution in [3.05, 3.63) is 53.1 Å². The Bertz CT molecular complexity index is 1230. The molecule has 1 saturated heterocycles. The van der Waals surface area contributed by atoms with Crippen LogP contribution in [0.5, 0.6) is 5.75 Å². The Morgan fingerprint density at radius 2 is 1.68 bits per heavy atom. The monoisotopic (exact) mass is 553 g/mol. The summed E-state index contributed by atoms with van der Waals surface area (Å²) in [6.45, 7) is 2.72. The Kier molecular flexibility index (Phi) is 8.63. The first-order chi connectivity index (χ1) is 17.2. The fourth-order valence-corrected chi connectivity index (χ4v) is 4.94. The molecule has 0 atom stereocenters. The van der Waals surface area contributed by atoms with E-state index in [9.17, 15) is 39.6 Å². The predicted octanol–water partition coefficient (Wildman–Crippen LogP) is 5.14. The SMILES string of the molecule is CCS(=O)(=O)c1ccc(OC(F)(F)F)cc1NNC(=O)c1ccc(CN2CCCCC2)c(C(F)(F)F)c1. The van der Waals surface area contributed by atoms with Crippen molar-refractivity contribution in [1.82, 2.24) is 10.3 Å². The van der Waals surface area contributed by atoms with Crippen LogP contribution in [0.3, 0.4) is 0 Å². The largest absolute Gasteiger partial charge is 0.573 e. The van der Waals surface area contributed by atoms with Gasteiger partial charge < -0.3 is 4.74 Å². The van der Waals surface area contributed by atoms with Gasteiger partial charge in [0.25, 0.3) is 5.91 Å². The summed E-state index contributed by atoms with van der Waals surface area (Å²) in [6, 6.07) is 5.45. The highest BCUT2D eigenvalue weighted by molar-refractivity contribution is 7.91. The molecule has 0 unspecified atom stereocenters. The van der Waals surface area contributed by atoms with Crippen molar-refractivity contribution >= 4 is 21.4 Å². The molecule has 2 N–H and O–H groups in total. The number of nitrogens with zero attached hydrogens (tertiary/aromatic N) is 1. The molecule has 37 heavy (non-hydrogen) atoms. The number of rotatable bonds is 8.